The molecule has 4 rings (SSSR count). The number of nitrogens with one attached hydrogen (secondary N) is 3. The van der Waals surface area contributed by atoms with Crippen molar-refractivity contribution in [3.63, 3.8) is 0 Å². The number of rotatable bonds is 7. The highest BCUT2D eigenvalue weighted by molar-refractivity contribution is 6.10. The normalized spacial score (nSPS) is 15.0. The van der Waals surface area contributed by atoms with Crippen LogP contribution in [0.1, 0.15) is 24.0 Å². The molecule has 0 bridgehead atoms. The Morgan fingerprint density at radius 2 is 2.18 bits per heavy atom. The molecular weight excluding hydrogens is 420 g/mol. The van der Waals surface area contributed by atoms with E-state index in [1.165, 1.54) is 6.20 Å². The van der Waals surface area contributed by atoms with Crippen LogP contribution in [0.25, 0.3) is 11.0 Å². The minimum absolute atomic E-state index is 0.216. The van der Waals surface area contributed by atoms with Gasteiger partial charge in [-0.15, -0.1) is 0 Å². The summed E-state index contributed by atoms with van der Waals surface area (Å²) in [4.78, 5) is 16.6. The van der Waals surface area contributed by atoms with Crippen LogP contribution in [0.15, 0.2) is 41.7 Å². The molecule has 0 spiro atoms. The number of nitriles is 1. The Bertz CT molecular complexity index is 1240. The number of aromatic amines is 1. The summed E-state index contributed by atoms with van der Waals surface area (Å²) < 4.78 is 11.0. The average molecular weight is 447 g/mol. The SMILES string of the molecule is CN=C(C=CN)c1ccc(Nc2nc(NC3CCOCC3)c3c(C#N)c[nH]c3n2)cc1OC. The van der Waals surface area contributed by atoms with Crippen molar-refractivity contribution in [2.24, 2.45) is 10.7 Å². The van der Waals surface area contributed by atoms with E-state index in [2.05, 4.69) is 31.7 Å². The van der Waals surface area contributed by atoms with Crippen LogP contribution >= 0.6 is 0 Å². The Morgan fingerprint density at radius 1 is 1.36 bits per heavy atom. The third kappa shape index (κ3) is 4.73. The number of nitrogens with two attached hydrogens (primary N) is 1. The van der Waals surface area contributed by atoms with Crippen molar-refractivity contribution < 1.29 is 9.47 Å². The summed E-state index contributed by atoms with van der Waals surface area (Å²) in [7, 11) is 3.30. The molecule has 0 unspecified atom stereocenters. The second-order valence-corrected chi connectivity index (χ2v) is 7.47. The molecule has 1 aromatic carbocycles. The van der Waals surface area contributed by atoms with E-state index in [0.29, 0.717) is 53.0 Å². The van der Waals surface area contributed by atoms with Crippen LogP contribution in [0.3, 0.4) is 0 Å². The molecule has 10 nitrogen and oxygen atoms in total. The minimum Gasteiger partial charge on any atom is -0.496 e. The highest BCUT2D eigenvalue weighted by Gasteiger charge is 2.19. The van der Waals surface area contributed by atoms with Gasteiger partial charge < -0.3 is 30.8 Å². The van der Waals surface area contributed by atoms with Gasteiger partial charge in [0.25, 0.3) is 0 Å². The zero-order valence-electron chi connectivity index (χ0n) is 18.6. The zero-order valence-corrected chi connectivity index (χ0v) is 18.6. The van der Waals surface area contributed by atoms with Gasteiger partial charge in [-0.3, -0.25) is 4.99 Å². The molecule has 1 aliphatic rings. The number of hydrogen-bond donors (Lipinski definition) is 4. The molecule has 0 saturated carbocycles. The van der Waals surface area contributed by atoms with Crippen molar-refractivity contribution in [2.45, 2.75) is 18.9 Å². The number of H-pyrrole nitrogens is 1. The zero-order chi connectivity index (χ0) is 23.2. The molecule has 5 N–H and O–H groups in total. The number of fused-ring (bicyclic) bond motifs is 1. The number of allylic oxidation sites excluding steroid dienone is 1. The molecule has 3 aromatic rings. The lowest BCUT2D eigenvalue weighted by molar-refractivity contribution is 0.0904. The smallest absolute Gasteiger partial charge is 0.231 e. The fourth-order valence-corrected chi connectivity index (χ4v) is 3.80. The maximum Gasteiger partial charge on any atom is 0.231 e. The lowest BCUT2D eigenvalue weighted by Gasteiger charge is -2.24. The number of ether oxygens (including phenoxy) is 2. The fourth-order valence-electron chi connectivity index (χ4n) is 3.80. The molecule has 1 saturated heterocycles. The van der Waals surface area contributed by atoms with Gasteiger partial charge in [-0.25, -0.2) is 0 Å². The first kappa shape index (κ1) is 22.1. The van der Waals surface area contributed by atoms with Crippen LogP contribution in [0, 0.1) is 11.3 Å². The van der Waals surface area contributed by atoms with Gasteiger partial charge in [-0.1, -0.05) is 0 Å². The summed E-state index contributed by atoms with van der Waals surface area (Å²) in [6, 6.07) is 8.05. The monoisotopic (exact) mass is 446 g/mol. The Labute approximate surface area is 191 Å². The topological polar surface area (TPSA) is 146 Å². The highest BCUT2D eigenvalue weighted by atomic mass is 16.5. The molecule has 1 aliphatic heterocycles. The van der Waals surface area contributed by atoms with E-state index in [9.17, 15) is 5.26 Å². The van der Waals surface area contributed by atoms with Crippen molar-refractivity contribution in [2.75, 3.05) is 38.0 Å². The molecule has 0 radical (unpaired) electrons. The standard InChI is InChI=1S/C23H26N8O2/c1-26-18(5-8-24)17-4-3-16(11-19(17)32-2)29-23-30-21-20(14(12-25)13-27-21)22(31-23)28-15-6-9-33-10-7-15/h3-5,8,11,13,15H,6-7,9-10,24H2,1-2H3,(H3,27,28,29,30,31). The number of nitrogens with zero attached hydrogens (tertiary/aromatic N) is 4. The van der Waals surface area contributed by atoms with Crippen LogP contribution in [0.2, 0.25) is 0 Å². The first-order chi connectivity index (χ1) is 16.2. The molecule has 3 heterocycles. The molecule has 0 amide bonds. The van der Waals surface area contributed by atoms with E-state index in [1.807, 2.05) is 18.2 Å². The van der Waals surface area contributed by atoms with Gasteiger partial charge in [0.2, 0.25) is 5.95 Å². The van der Waals surface area contributed by atoms with Crippen LogP contribution in [-0.2, 0) is 4.74 Å². The van der Waals surface area contributed by atoms with Gasteiger partial charge in [-0.05, 0) is 37.3 Å². The quantitative estimate of drug-likeness (QED) is 0.405. The summed E-state index contributed by atoms with van der Waals surface area (Å²) in [5.41, 5.74) is 8.87. The molecule has 170 valence electrons. The Morgan fingerprint density at radius 3 is 2.88 bits per heavy atom. The average Bonchev–Trinajstić information content (AvgIpc) is 3.26. The van der Waals surface area contributed by atoms with Gasteiger partial charge in [-0.2, -0.15) is 15.2 Å². The Balaban J connectivity index is 1.68. The second-order valence-electron chi connectivity index (χ2n) is 7.47. The number of hydrogen-bond acceptors (Lipinski definition) is 9. The van der Waals surface area contributed by atoms with Crippen molar-refractivity contribution in [1.82, 2.24) is 15.0 Å². The summed E-state index contributed by atoms with van der Waals surface area (Å²) in [5, 5.41) is 16.9. The number of methoxy groups -OCH3 is 1. The van der Waals surface area contributed by atoms with Crippen LogP contribution in [-0.4, -0.2) is 54.1 Å². The number of aromatic nitrogens is 3. The van der Waals surface area contributed by atoms with Gasteiger partial charge in [0.15, 0.2) is 0 Å². The van der Waals surface area contributed by atoms with Gasteiger partial charge >= 0.3 is 0 Å². The van der Waals surface area contributed by atoms with Gasteiger partial charge in [0, 0.05) is 49.8 Å². The molecule has 33 heavy (non-hydrogen) atoms. The number of benzene rings is 1. The van der Waals surface area contributed by atoms with Crippen LogP contribution in [0.5, 0.6) is 5.75 Å². The Kier molecular flexibility index (Phi) is 6.71. The summed E-state index contributed by atoms with van der Waals surface area (Å²) >= 11 is 0. The predicted octanol–water partition coefficient (Wildman–Crippen LogP) is 3.06. The van der Waals surface area contributed by atoms with E-state index in [4.69, 9.17) is 20.2 Å². The third-order valence-corrected chi connectivity index (χ3v) is 5.44. The van der Waals surface area contributed by atoms with Crippen LogP contribution in [0.4, 0.5) is 17.5 Å². The number of anilines is 3. The second kappa shape index (κ2) is 10.0. The van der Waals surface area contributed by atoms with E-state index in [-0.39, 0.29) is 6.04 Å². The molecule has 10 heteroatoms. The largest absolute Gasteiger partial charge is 0.496 e. The predicted molar refractivity (Wildman–Crippen MR) is 128 cm³/mol. The molecule has 0 atom stereocenters. The summed E-state index contributed by atoms with van der Waals surface area (Å²) in [6.45, 7) is 1.40. The number of aliphatic imine (C=N–C) groups is 1. The molecule has 2 aromatic heterocycles. The van der Waals surface area contributed by atoms with E-state index in [0.717, 1.165) is 24.1 Å². The first-order valence-corrected chi connectivity index (χ1v) is 10.6. The first-order valence-electron chi connectivity index (χ1n) is 10.6. The lowest BCUT2D eigenvalue weighted by atomic mass is 10.1. The van der Waals surface area contributed by atoms with Crippen molar-refractivity contribution in [1.29, 1.82) is 5.26 Å². The van der Waals surface area contributed by atoms with E-state index < -0.39 is 0 Å². The van der Waals surface area contributed by atoms with Gasteiger partial charge in [0.1, 0.15) is 23.3 Å². The molecule has 0 aliphatic carbocycles. The van der Waals surface area contributed by atoms with Crippen molar-refractivity contribution >= 4 is 34.2 Å². The fraction of sp³-hybridized carbons (Fsp3) is 0.304. The minimum atomic E-state index is 0.216. The maximum absolute atomic E-state index is 9.52. The third-order valence-electron chi connectivity index (χ3n) is 5.44. The molecular formula is C23H26N8O2. The lowest BCUT2D eigenvalue weighted by Crippen LogP contribution is -2.28. The molecule has 1 fully saturated rings. The summed E-state index contributed by atoms with van der Waals surface area (Å²) in [5.74, 6) is 1.64. The van der Waals surface area contributed by atoms with E-state index >= 15 is 0 Å². The maximum atomic E-state index is 9.52. The van der Waals surface area contributed by atoms with Crippen molar-refractivity contribution in [3.05, 3.63) is 47.8 Å². The Hall–Kier alpha value is -4.10. The van der Waals surface area contributed by atoms with Crippen LogP contribution < -0.4 is 21.1 Å². The summed E-state index contributed by atoms with van der Waals surface area (Å²) in [6.07, 6.45) is 6.55. The highest BCUT2D eigenvalue weighted by Crippen LogP contribution is 2.30. The van der Waals surface area contributed by atoms with Crippen molar-refractivity contribution in [3.8, 4) is 11.8 Å². The van der Waals surface area contributed by atoms with E-state index in [1.54, 1.807) is 26.4 Å². The van der Waals surface area contributed by atoms with Gasteiger partial charge in [0.05, 0.1) is 23.8 Å².